The summed E-state index contributed by atoms with van der Waals surface area (Å²) in [5.74, 6) is -0.853. The molecule has 0 aliphatic rings. The summed E-state index contributed by atoms with van der Waals surface area (Å²) in [6, 6.07) is 29.0. The first-order chi connectivity index (χ1) is 13.2. The Labute approximate surface area is 160 Å². The average Bonchev–Trinajstić information content (AvgIpc) is 2.70. The number of carboxylic acids is 1. The second-order valence-electron chi connectivity index (χ2n) is 6.43. The maximum absolute atomic E-state index is 12.0. The van der Waals surface area contributed by atoms with Gasteiger partial charge in [-0.25, -0.2) is 0 Å². The van der Waals surface area contributed by atoms with Crippen LogP contribution in [0.15, 0.2) is 97.1 Å². The van der Waals surface area contributed by atoms with Crippen LogP contribution in [0.4, 0.5) is 0 Å². The number of hydrogen-bond acceptors (Lipinski definition) is 2. The maximum Gasteiger partial charge on any atom is 0.324 e. The molecule has 0 heterocycles. The molecule has 0 bridgehead atoms. The minimum Gasteiger partial charge on any atom is -0.480 e. The fourth-order valence-electron chi connectivity index (χ4n) is 3.02. The first-order valence-electron chi connectivity index (χ1n) is 9.00. The smallest absolute Gasteiger partial charge is 0.324 e. The van der Waals surface area contributed by atoms with Gasteiger partial charge in [-0.1, -0.05) is 103 Å². The Kier molecular flexibility index (Phi) is 6.55. The largest absolute Gasteiger partial charge is 0.480 e. The fourth-order valence-corrected chi connectivity index (χ4v) is 3.02. The standard InChI is InChI=1S/C24H23NO2/c26-24(27)23(17-16-20-10-4-1-5-11-20)25(18-21-12-6-2-7-13-21)19-22-14-8-3-9-15-22/h1-17,23H,18-19H2,(H,26,27)/b17-16+. The maximum atomic E-state index is 12.0. The van der Waals surface area contributed by atoms with E-state index in [0.717, 1.165) is 16.7 Å². The molecule has 0 aliphatic heterocycles. The molecule has 3 heteroatoms. The van der Waals surface area contributed by atoms with E-state index in [1.165, 1.54) is 0 Å². The summed E-state index contributed by atoms with van der Waals surface area (Å²) >= 11 is 0. The minimum atomic E-state index is -0.853. The van der Waals surface area contributed by atoms with Gasteiger partial charge >= 0.3 is 5.97 Å². The van der Waals surface area contributed by atoms with Crippen LogP contribution >= 0.6 is 0 Å². The van der Waals surface area contributed by atoms with Gasteiger partial charge in [-0.05, 0) is 16.7 Å². The van der Waals surface area contributed by atoms with Gasteiger partial charge in [0.25, 0.3) is 0 Å². The number of hydrogen-bond donors (Lipinski definition) is 1. The molecule has 3 rings (SSSR count). The molecule has 3 aromatic rings. The summed E-state index contributed by atoms with van der Waals surface area (Å²) in [6.07, 6.45) is 3.64. The molecule has 0 amide bonds. The van der Waals surface area contributed by atoms with Crippen LogP contribution in [-0.2, 0) is 17.9 Å². The summed E-state index contributed by atoms with van der Waals surface area (Å²) in [4.78, 5) is 14.0. The lowest BCUT2D eigenvalue weighted by Crippen LogP contribution is -2.38. The Balaban J connectivity index is 1.87. The topological polar surface area (TPSA) is 40.5 Å². The van der Waals surface area contributed by atoms with Crippen molar-refractivity contribution in [3.8, 4) is 0 Å². The van der Waals surface area contributed by atoms with Gasteiger partial charge in [-0.15, -0.1) is 0 Å². The predicted octanol–water partition coefficient (Wildman–Crippen LogP) is 4.86. The van der Waals surface area contributed by atoms with E-state index in [1.54, 1.807) is 6.08 Å². The summed E-state index contributed by atoms with van der Waals surface area (Å²) in [5.41, 5.74) is 3.17. The van der Waals surface area contributed by atoms with Gasteiger partial charge in [0.05, 0.1) is 0 Å². The molecule has 0 aromatic heterocycles. The van der Waals surface area contributed by atoms with Gasteiger partial charge < -0.3 is 5.11 Å². The highest BCUT2D eigenvalue weighted by atomic mass is 16.4. The third-order valence-corrected chi connectivity index (χ3v) is 4.37. The number of nitrogens with zero attached hydrogens (tertiary/aromatic N) is 1. The summed E-state index contributed by atoms with van der Waals surface area (Å²) in [7, 11) is 0. The van der Waals surface area contributed by atoms with Crippen LogP contribution < -0.4 is 0 Å². The Morgan fingerprint density at radius 2 is 1.22 bits per heavy atom. The molecule has 0 fully saturated rings. The molecule has 1 unspecified atom stereocenters. The number of rotatable bonds is 8. The first-order valence-corrected chi connectivity index (χ1v) is 9.00. The highest BCUT2D eigenvalue weighted by molar-refractivity contribution is 5.77. The third kappa shape index (κ3) is 5.66. The van der Waals surface area contributed by atoms with Crippen molar-refractivity contribution < 1.29 is 9.90 Å². The van der Waals surface area contributed by atoms with Crippen molar-refractivity contribution in [2.45, 2.75) is 19.1 Å². The van der Waals surface area contributed by atoms with E-state index in [9.17, 15) is 9.90 Å². The monoisotopic (exact) mass is 357 g/mol. The molecule has 136 valence electrons. The molecular formula is C24H23NO2. The quantitative estimate of drug-likeness (QED) is 0.626. The van der Waals surface area contributed by atoms with Crippen molar-refractivity contribution >= 4 is 12.0 Å². The highest BCUT2D eigenvalue weighted by Gasteiger charge is 2.23. The molecule has 0 radical (unpaired) electrons. The van der Waals surface area contributed by atoms with Crippen LogP contribution in [0.25, 0.3) is 6.08 Å². The third-order valence-electron chi connectivity index (χ3n) is 4.37. The van der Waals surface area contributed by atoms with Gasteiger partial charge in [-0.3, -0.25) is 9.69 Å². The van der Waals surface area contributed by atoms with Gasteiger partial charge in [-0.2, -0.15) is 0 Å². The SMILES string of the molecule is O=C(O)C(/C=C/c1ccccc1)N(Cc1ccccc1)Cc1ccccc1. The van der Waals surface area contributed by atoms with E-state index < -0.39 is 12.0 Å². The Morgan fingerprint density at radius 1 is 0.778 bits per heavy atom. The lowest BCUT2D eigenvalue weighted by Gasteiger charge is -2.27. The fraction of sp³-hybridized carbons (Fsp3) is 0.125. The Hall–Kier alpha value is -3.17. The molecule has 0 aliphatic carbocycles. The summed E-state index contributed by atoms with van der Waals surface area (Å²) < 4.78 is 0. The van der Waals surface area contributed by atoms with Crippen molar-refractivity contribution in [1.82, 2.24) is 4.90 Å². The lowest BCUT2D eigenvalue weighted by molar-refractivity contribution is -0.141. The van der Waals surface area contributed by atoms with Gasteiger partial charge in [0.15, 0.2) is 0 Å². The van der Waals surface area contributed by atoms with Crippen LogP contribution in [0, 0.1) is 0 Å². The van der Waals surface area contributed by atoms with Crippen LogP contribution in [0.5, 0.6) is 0 Å². The molecule has 3 aromatic carbocycles. The molecule has 0 saturated heterocycles. The Bertz CT molecular complexity index is 819. The molecule has 1 atom stereocenters. The lowest BCUT2D eigenvalue weighted by atomic mass is 10.1. The van der Waals surface area contributed by atoms with E-state index in [4.69, 9.17) is 0 Å². The normalized spacial score (nSPS) is 12.3. The molecule has 0 saturated carbocycles. The Morgan fingerprint density at radius 3 is 1.67 bits per heavy atom. The number of benzene rings is 3. The second-order valence-corrected chi connectivity index (χ2v) is 6.43. The van der Waals surface area contributed by atoms with E-state index in [0.29, 0.717) is 13.1 Å². The van der Waals surface area contributed by atoms with Crippen LogP contribution in [0.2, 0.25) is 0 Å². The zero-order chi connectivity index (χ0) is 18.9. The first kappa shape index (κ1) is 18.6. The van der Waals surface area contributed by atoms with Crippen molar-refractivity contribution in [1.29, 1.82) is 0 Å². The second kappa shape index (κ2) is 9.51. The van der Waals surface area contributed by atoms with Crippen molar-refractivity contribution in [3.05, 3.63) is 114 Å². The number of aliphatic carboxylic acids is 1. The van der Waals surface area contributed by atoms with Crippen molar-refractivity contribution in [2.24, 2.45) is 0 Å². The van der Waals surface area contributed by atoms with Crippen LogP contribution in [-0.4, -0.2) is 22.0 Å². The van der Waals surface area contributed by atoms with Crippen LogP contribution in [0.3, 0.4) is 0 Å². The summed E-state index contributed by atoms with van der Waals surface area (Å²) in [5, 5.41) is 9.88. The molecule has 3 nitrogen and oxygen atoms in total. The minimum absolute atomic E-state index is 0.561. The zero-order valence-corrected chi connectivity index (χ0v) is 15.1. The molecule has 0 spiro atoms. The van der Waals surface area contributed by atoms with Crippen LogP contribution in [0.1, 0.15) is 16.7 Å². The molecule has 27 heavy (non-hydrogen) atoms. The van der Waals surface area contributed by atoms with E-state index in [1.807, 2.05) is 102 Å². The van der Waals surface area contributed by atoms with Crippen molar-refractivity contribution in [2.75, 3.05) is 0 Å². The van der Waals surface area contributed by atoms with E-state index in [-0.39, 0.29) is 0 Å². The van der Waals surface area contributed by atoms with E-state index in [2.05, 4.69) is 0 Å². The number of carboxylic acid groups (broad SMARTS) is 1. The van der Waals surface area contributed by atoms with Gasteiger partial charge in [0.1, 0.15) is 6.04 Å². The average molecular weight is 357 g/mol. The van der Waals surface area contributed by atoms with Gasteiger partial charge in [0.2, 0.25) is 0 Å². The number of carbonyl (C=O) groups is 1. The zero-order valence-electron chi connectivity index (χ0n) is 15.1. The van der Waals surface area contributed by atoms with E-state index >= 15 is 0 Å². The molecular weight excluding hydrogens is 334 g/mol. The highest BCUT2D eigenvalue weighted by Crippen LogP contribution is 2.16. The van der Waals surface area contributed by atoms with Gasteiger partial charge in [0, 0.05) is 13.1 Å². The van der Waals surface area contributed by atoms with Crippen molar-refractivity contribution in [3.63, 3.8) is 0 Å². The predicted molar refractivity (Wildman–Crippen MR) is 109 cm³/mol. The summed E-state index contributed by atoms with van der Waals surface area (Å²) in [6.45, 7) is 1.12. The molecule has 1 N–H and O–H groups in total.